The summed E-state index contributed by atoms with van der Waals surface area (Å²) in [5.41, 5.74) is 7.25. The molecule has 1 aromatic rings. The van der Waals surface area contributed by atoms with Crippen LogP contribution in [0.3, 0.4) is 0 Å². The molecule has 2 aliphatic rings. The predicted molar refractivity (Wildman–Crippen MR) is 89.9 cm³/mol. The Balaban J connectivity index is 1.61. The molecular weight excluding hydrogens is 293 g/mol. The van der Waals surface area contributed by atoms with Gasteiger partial charge in [0.15, 0.2) is 0 Å². The van der Waals surface area contributed by atoms with Crippen molar-refractivity contribution in [1.29, 1.82) is 0 Å². The molecule has 1 heterocycles. The summed E-state index contributed by atoms with van der Waals surface area (Å²) in [6, 6.07) is 5.30. The Hall–Kier alpha value is -1.62. The van der Waals surface area contributed by atoms with E-state index in [1.807, 2.05) is 13.0 Å². The molecule has 5 heteroatoms. The second-order valence-corrected chi connectivity index (χ2v) is 6.99. The summed E-state index contributed by atoms with van der Waals surface area (Å²) in [5, 5.41) is 3.57. The van der Waals surface area contributed by atoms with E-state index in [0.717, 1.165) is 62.9 Å². The van der Waals surface area contributed by atoms with Crippen molar-refractivity contribution in [2.75, 3.05) is 18.0 Å². The fourth-order valence-electron chi connectivity index (χ4n) is 4.07. The third-order valence-electron chi connectivity index (χ3n) is 5.40. The molecule has 126 valence electrons. The summed E-state index contributed by atoms with van der Waals surface area (Å²) < 4.78 is 13.2. The van der Waals surface area contributed by atoms with E-state index in [4.69, 9.17) is 5.73 Å². The maximum atomic E-state index is 13.2. The summed E-state index contributed by atoms with van der Waals surface area (Å²) in [5.74, 6) is -0.390. The lowest BCUT2D eigenvalue weighted by molar-refractivity contribution is -0.124. The molecule has 0 aromatic heterocycles. The van der Waals surface area contributed by atoms with Crippen molar-refractivity contribution >= 4 is 11.6 Å². The highest BCUT2D eigenvalue weighted by atomic mass is 19.1. The second kappa shape index (κ2) is 6.48. The number of nitrogens with one attached hydrogen (secondary N) is 1. The van der Waals surface area contributed by atoms with Crippen LogP contribution in [0.1, 0.15) is 44.1 Å². The third-order valence-corrected chi connectivity index (χ3v) is 5.40. The molecule has 0 radical (unpaired) electrons. The van der Waals surface area contributed by atoms with Gasteiger partial charge in [0.05, 0.1) is 5.54 Å². The van der Waals surface area contributed by atoms with Crippen molar-refractivity contribution in [2.45, 2.75) is 57.0 Å². The smallest absolute Gasteiger partial charge is 0.237 e. The molecule has 1 saturated carbocycles. The maximum Gasteiger partial charge on any atom is 0.237 e. The van der Waals surface area contributed by atoms with Gasteiger partial charge in [0.25, 0.3) is 0 Å². The van der Waals surface area contributed by atoms with Gasteiger partial charge in [-0.1, -0.05) is 12.8 Å². The monoisotopic (exact) mass is 319 g/mol. The number of hydrogen-bond acceptors (Lipinski definition) is 3. The van der Waals surface area contributed by atoms with Gasteiger partial charge in [-0.3, -0.25) is 4.79 Å². The minimum Gasteiger partial charge on any atom is -0.371 e. The van der Waals surface area contributed by atoms with Crippen LogP contribution in [0.2, 0.25) is 0 Å². The van der Waals surface area contributed by atoms with Crippen molar-refractivity contribution in [2.24, 2.45) is 5.73 Å². The van der Waals surface area contributed by atoms with Crippen molar-refractivity contribution in [3.63, 3.8) is 0 Å². The molecule has 1 saturated heterocycles. The first kappa shape index (κ1) is 16.2. The van der Waals surface area contributed by atoms with Gasteiger partial charge < -0.3 is 16.0 Å². The molecule has 1 aromatic carbocycles. The summed E-state index contributed by atoms with van der Waals surface area (Å²) in [6.07, 6.45) is 5.82. The zero-order valence-electron chi connectivity index (χ0n) is 13.8. The number of aryl methyl sites for hydroxylation is 1. The molecule has 23 heavy (non-hydrogen) atoms. The number of nitrogens with two attached hydrogens (primary N) is 1. The maximum absolute atomic E-state index is 13.2. The van der Waals surface area contributed by atoms with Gasteiger partial charge in [-0.05, 0) is 56.4 Å². The standard InChI is InChI=1S/C18H26FN3O/c1-13-12-14(19)4-5-16(13)22-10-6-15(7-11-22)21-18(17(20)23)8-2-3-9-18/h4-5,12,15,21H,2-3,6-11H2,1H3,(H2,20,23). The Bertz CT molecular complexity index is 576. The number of anilines is 1. The number of amides is 1. The molecule has 0 bridgehead atoms. The van der Waals surface area contributed by atoms with Gasteiger partial charge in [-0.2, -0.15) is 0 Å². The van der Waals surface area contributed by atoms with Crippen molar-refractivity contribution in [3.8, 4) is 0 Å². The van der Waals surface area contributed by atoms with E-state index in [1.165, 1.54) is 6.07 Å². The zero-order chi connectivity index (χ0) is 16.4. The van der Waals surface area contributed by atoms with Crippen molar-refractivity contribution in [3.05, 3.63) is 29.6 Å². The van der Waals surface area contributed by atoms with E-state index in [0.29, 0.717) is 6.04 Å². The molecule has 4 nitrogen and oxygen atoms in total. The van der Waals surface area contributed by atoms with E-state index in [9.17, 15) is 9.18 Å². The zero-order valence-corrected chi connectivity index (χ0v) is 13.8. The van der Waals surface area contributed by atoms with Gasteiger partial charge in [-0.15, -0.1) is 0 Å². The summed E-state index contributed by atoms with van der Waals surface area (Å²) in [4.78, 5) is 14.2. The van der Waals surface area contributed by atoms with Gasteiger partial charge in [0, 0.05) is 24.8 Å². The number of benzene rings is 1. The SMILES string of the molecule is Cc1cc(F)ccc1N1CCC(NC2(C(N)=O)CCCC2)CC1. The quantitative estimate of drug-likeness (QED) is 0.896. The topological polar surface area (TPSA) is 58.4 Å². The Morgan fingerprint density at radius 1 is 1.30 bits per heavy atom. The molecular formula is C18H26FN3O. The number of nitrogens with zero attached hydrogens (tertiary/aromatic N) is 1. The Morgan fingerprint density at radius 2 is 1.96 bits per heavy atom. The van der Waals surface area contributed by atoms with E-state index < -0.39 is 5.54 Å². The number of halogens is 1. The van der Waals surface area contributed by atoms with Crippen LogP contribution < -0.4 is 16.0 Å². The average molecular weight is 319 g/mol. The lowest BCUT2D eigenvalue weighted by Crippen LogP contribution is -2.58. The lowest BCUT2D eigenvalue weighted by Gasteiger charge is -2.39. The van der Waals surface area contributed by atoms with Crippen molar-refractivity contribution in [1.82, 2.24) is 5.32 Å². The first-order valence-electron chi connectivity index (χ1n) is 8.59. The van der Waals surface area contributed by atoms with Crippen LogP contribution in [-0.2, 0) is 4.79 Å². The van der Waals surface area contributed by atoms with E-state index in [-0.39, 0.29) is 11.7 Å². The molecule has 1 aliphatic heterocycles. The molecule has 1 amide bonds. The highest BCUT2D eigenvalue weighted by Crippen LogP contribution is 2.32. The Kier molecular flexibility index (Phi) is 4.57. The average Bonchev–Trinajstić information content (AvgIpc) is 2.98. The minimum atomic E-state index is -0.487. The Labute approximate surface area is 137 Å². The number of primary amides is 1. The molecule has 0 unspecified atom stereocenters. The lowest BCUT2D eigenvalue weighted by atomic mass is 9.92. The van der Waals surface area contributed by atoms with Gasteiger partial charge in [0.1, 0.15) is 5.82 Å². The van der Waals surface area contributed by atoms with Crippen molar-refractivity contribution < 1.29 is 9.18 Å². The van der Waals surface area contributed by atoms with Gasteiger partial charge >= 0.3 is 0 Å². The van der Waals surface area contributed by atoms with Crippen LogP contribution in [0, 0.1) is 12.7 Å². The van der Waals surface area contributed by atoms with Crippen LogP contribution in [0.25, 0.3) is 0 Å². The van der Waals surface area contributed by atoms with Gasteiger partial charge in [0.2, 0.25) is 5.91 Å². The van der Waals surface area contributed by atoms with Gasteiger partial charge in [-0.25, -0.2) is 4.39 Å². The summed E-state index contributed by atoms with van der Waals surface area (Å²) in [7, 11) is 0. The molecule has 0 spiro atoms. The van der Waals surface area contributed by atoms with E-state index >= 15 is 0 Å². The first-order valence-corrected chi connectivity index (χ1v) is 8.59. The Morgan fingerprint density at radius 3 is 2.52 bits per heavy atom. The number of rotatable bonds is 4. The molecule has 2 fully saturated rings. The normalized spacial score (nSPS) is 21.6. The van der Waals surface area contributed by atoms with Crippen LogP contribution in [0.5, 0.6) is 0 Å². The summed E-state index contributed by atoms with van der Waals surface area (Å²) in [6.45, 7) is 3.78. The van der Waals surface area contributed by atoms with Crippen LogP contribution in [-0.4, -0.2) is 30.6 Å². The fraction of sp³-hybridized carbons (Fsp3) is 0.611. The fourth-order valence-corrected chi connectivity index (χ4v) is 4.07. The summed E-state index contributed by atoms with van der Waals surface area (Å²) >= 11 is 0. The highest BCUT2D eigenvalue weighted by Gasteiger charge is 2.41. The van der Waals surface area contributed by atoms with Crippen LogP contribution >= 0.6 is 0 Å². The molecule has 3 N–H and O–H groups in total. The third kappa shape index (κ3) is 3.34. The number of carbonyl (C=O) groups excluding carboxylic acids is 1. The number of hydrogen-bond donors (Lipinski definition) is 2. The van der Waals surface area contributed by atoms with E-state index in [2.05, 4.69) is 10.2 Å². The number of piperidine rings is 1. The predicted octanol–water partition coefficient (Wildman–Crippen LogP) is 2.49. The molecule has 3 rings (SSSR count). The highest BCUT2D eigenvalue weighted by molar-refractivity contribution is 5.85. The largest absolute Gasteiger partial charge is 0.371 e. The number of carbonyl (C=O) groups is 1. The minimum absolute atomic E-state index is 0.188. The van der Waals surface area contributed by atoms with Crippen LogP contribution in [0.15, 0.2) is 18.2 Å². The first-order chi connectivity index (χ1) is 11.0. The molecule has 0 atom stereocenters. The van der Waals surface area contributed by atoms with Crippen LogP contribution in [0.4, 0.5) is 10.1 Å². The second-order valence-electron chi connectivity index (χ2n) is 6.99. The molecule has 1 aliphatic carbocycles. The van der Waals surface area contributed by atoms with E-state index in [1.54, 1.807) is 6.07 Å².